The van der Waals surface area contributed by atoms with Gasteiger partial charge in [0.15, 0.2) is 0 Å². The zero-order valence-corrected chi connectivity index (χ0v) is 25.9. The fourth-order valence-corrected chi connectivity index (χ4v) is 6.82. The first-order valence-corrected chi connectivity index (χ1v) is 16.5. The van der Waals surface area contributed by atoms with Crippen LogP contribution in [0.1, 0.15) is 58.4 Å². The van der Waals surface area contributed by atoms with E-state index in [-0.39, 0.29) is 5.56 Å². The molecule has 11 heteroatoms. The van der Waals surface area contributed by atoms with E-state index < -0.39 is 26.7 Å². The average Bonchev–Trinajstić information content (AvgIpc) is 2.97. The van der Waals surface area contributed by atoms with Gasteiger partial charge in [-0.3, -0.25) is 0 Å². The summed E-state index contributed by atoms with van der Waals surface area (Å²) in [6.45, 7) is 8.73. The van der Waals surface area contributed by atoms with E-state index in [1.54, 1.807) is 12.1 Å². The average molecular weight is 606 g/mol. The van der Waals surface area contributed by atoms with Crippen LogP contribution in [0.2, 0.25) is 6.04 Å². The number of unbranched alkanes of at least 4 members (excludes halogenated alkanes) is 3. The Labute approximate surface area is 249 Å². The van der Waals surface area contributed by atoms with Crippen molar-refractivity contribution in [3.63, 3.8) is 0 Å². The molecule has 232 valence electrons. The first-order valence-electron chi connectivity index (χ1n) is 14.6. The van der Waals surface area contributed by atoms with Crippen LogP contribution < -0.4 is 10.1 Å². The number of carboxylic acids is 1. The Bertz CT molecular complexity index is 1100. The molecule has 0 aromatic heterocycles. The molecule has 42 heavy (non-hydrogen) atoms. The maximum atomic E-state index is 14.3. The minimum absolute atomic E-state index is 0.216. The second-order valence-corrected chi connectivity index (χ2v) is 12.1. The molecule has 0 spiro atoms. The van der Waals surface area contributed by atoms with Crippen LogP contribution in [0.5, 0.6) is 5.75 Å². The van der Waals surface area contributed by atoms with E-state index in [1.807, 2.05) is 45.0 Å². The van der Waals surface area contributed by atoms with Crippen molar-refractivity contribution in [3.8, 4) is 16.9 Å². The molecule has 2 aromatic rings. The monoisotopic (exact) mass is 605 g/mol. The standard InChI is InChI=1S/C31H44FNO8Si/c1-4-39-42(40-5-2,41-6-3)23-11-20-33-31(36)38-22-10-8-7-9-21-37-28-17-14-25(15-18-28)27-13-12-26(29(32)24-27)16-19-30(34)35/h12-19,24H,4-11,20-23H2,1-3H3,(H,33,36)(H,34,35). The molecule has 0 atom stereocenters. The number of nitrogens with one attached hydrogen (secondary N) is 1. The van der Waals surface area contributed by atoms with Gasteiger partial charge in [-0.2, -0.15) is 0 Å². The molecule has 0 saturated carbocycles. The summed E-state index contributed by atoms with van der Waals surface area (Å²) >= 11 is 0. The molecule has 0 radical (unpaired) electrons. The largest absolute Gasteiger partial charge is 0.500 e. The van der Waals surface area contributed by atoms with Crippen molar-refractivity contribution in [2.24, 2.45) is 0 Å². The van der Waals surface area contributed by atoms with Crippen molar-refractivity contribution in [2.45, 2.75) is 58.9 Å². The first-order chi connectivity index (χ1) is 20.3. The molecular weight excluding hydrogens is 561 g/mol. The lowest BCUT2D eigenvalue weighted by molar-refractivity contribution is -0.131. The van der Waals surface area contributed by atoms with E-state index in [0.29, 0.717) is 57.6 Å². The highest BCUT2D eigenvalue weighted by Crippen LogP contribution is 2.25. The van der Waals surface area contributed by atoms with Crippen molar-refractivity contribution in [1.82, 2.24) is 5.32 Å². The van der Waals surface area contributed by atoms with Gasteiger partial charge in [-0.05, 0) is 88.3 Å². The summed E-state index contributed by atoms with van der Waals surface area (Å²) in [5, 5.41) is 11.5. The molecule has 2 aromatic carbocycles. The van der Waals surface area contributed by atoms with Gasteiger partial charge in [-0.25, -0.2) is 14.0 Å². The van der Waals surface area contributed by atoms with Gasteiger partial charge in [-0.15, -0.1) is 0 Å². The van der Waals surface area contributed by atoms with Crippen LogP contribution in [0.3, 0.4) is 0 Å². The molecule has 0 aliphatic heterocycles. The summed E-state index contributed by atoms with van der Waals surface area (Å²) in [7, 11) is -2.69. The van der Waals surface area contributed by atoms with Crippen LogP contribution in [-0.2, 0) is 22.8 Å². The lowest BCUT2D eigenvalue weighted by Crippen LogP contribution is -2.46. The molecular formula is C31H44FNO8Si. The minimum atomic E-state index is -2.69. The third-order valence-electron chi connectivity index (χ3n) is 6.16. The van der Waals surface area contributed by atoms with Crippen LogP contribution in [0.4, 0.5) is 9.18 Å². The number of hydrogen-bond donors (Lipinski definition) is 2. The Morgan fingerprint density at radius 3 is 2.07 bits per heavy atom. The molecule has 0 heterocycles. The summed E-state index contributed by atoms with van der Waals surface area (Å²) < 4.78 is 42.8. The molecule has 0 saturated heterocycles. The van der Waals surface area contributed by atoms with E-state index in [2.05, 4.69) is 5.32 Å². The second-order valence-electron chi connectivity index (χ2n) is 9.34. The quantitative estimate of drug-likeness (QED) is 0.0919. The van der Waals surface area contributed by atoms with E-state index in [4.69, 9.17) is 27.9 Å². The van der Waals surface area contributed by atoms with Gasteiger partial charge in [0.25, 0.3) is 0 Å². The predicted octanol–water partition coefficient (Wildman–Crippen LogP) is 6.69. The number of amides is 1. The number of carboxylic acid groups (broad SMARTS) is 1. The lowest BCUT2D eigenvalue weighted by Gasteiger charge is -2.28. The molecule has 0 bridgehead atoms. The van der Waals surface area contributed by atoms with Crippen LogP contribution in [0.25, 0.3) is 17.2 Å². The van der Waals surface area contributed by atoms with E-state index in [9.17, 15) is 14.0 Å². The fraction of sp³-hybridized carbons (Fsp3) is 0.484. The van der Waals surface area contributed by atoms with Crippen LogP contribution in [0, 0.1) is 5.82 Å². The molecule has 1 amide bonds. The third kappa shape index (κ3) is 13.2. The molecule has 0 fully saturated rings. The number of rotatable bonds is 21. The second kappa shape index (κ2) is 19.8. The minimum Gasteiger partial charge on any atom is -0.494 e. The van der Waals surface area contributed by atoms with E-state index in [0.717, 1.165) is 43.1 Å². The lowest BCUT2D eigenvalue weighted by atomic mass is 10.0. The predicted molar refractivity (Wildman–Crippen MR) is 162 cm³/mol. The smallest absolute Gasteiger partial charge is 0.494 e. The van der Waals surface area contributed by atoms with Crippen molar-refractivity contribution in [3.05, 3.63) is 59.9 Å². The Morgan fingerprint density at radius 1 is 0.857 bits per heavy atom. The number of alkyl carbamates (subject to hydrolysis) is 1. The van der Waals surface area contributed by atoms with Crippen LogP contribution in [0.15, 0.2) is 48.5 Å². The summed E-state index contributed by atoms with van der Waals surface area (Å²) in [4.78, 5) is 22.6. The number of hydrogen-bond acceptors (Lipinski definition) is 7. The van der Waals surface area contributed by atoms with Gasteiger partial charge in [0.1, 0.15) is 11.6 Å². The molecule has 0 unspecified atom stereocenters. The SMILES string of the molecule is CCO[Si](CCCNC(=O)OCCCCCCOc1ccc(-c2ccc(C=CC(=O)O)c(F)c2)cc1)(OCC)OCC. The number of benzene rings is 2. The van der Waals surface area contributed by atoms with Crippen molar-refractivity contribution < 1.29 is 41.8 Å². The van der Waals surface area contributed by atoms with Crippen molar-refractivity contribution in [1.29, 1.82) is 0 Å². The molecule has 2 N–H and O–H groups in total. The van der Waals surface area contributed by atoms with Crippen molar-refractivity contribution >= 4 is 26.9 Å². The number of carbonyl (C=O) groups excluding carboxylic acids is 1. The first kappa shape index (κ1) is 34.9. The topological polar surface area (TPSA) is 113 Å². The summed E-state index contributed by atoms with van der Waals surface area (Å²) in [5.74, 6) is -0.889. The fourth-order valence-electron chi connectivity index (χ4n) is 4.21. The Hall–Kier alpha value is -3.25. The molecule has 9 nitrogen and oxygen atoms in total. The van der Waals surface area contributed by atoms with Gasteiger partial charge < -0.3 is 33.2 Å². The van der Waals surface area contributed by atoms with E-state index in [1.165, 1.54) is 12.1 Å². The van der Waals surface area contributed by atoms with Gasteiger partial charge >= 0.3 is 20.9 Å². The van der Waals surface area contributed by atoms with Crippen LogP contribution in [-0.4, -0.2) is 65.6 Å². The number of ether oxygens (including phenoxy) is 2. The van der Waals surface area contributed by atoms with Gasteiger partial charge in [0, 0.05) is 44.0 Å². The Balaban J connectivity index is 1.57. The van der Waals surface area contributed by atoms with Gasteiger partial charge in [0.05, 0.1) is 13.2 Å². The maximum Gasteiger partial charge on any atom is 0.500 e. The van der Waals surface area contributed by atoms with Crippen molar-refractivity contribution in [2.75, 3.05) is 39.6 Å². The van der Waals surface area contributed by atoms with E-state index >= 15 is 0 Å². The zero-order valence-electron chi connectivity index (χ0n) is 24.9. The third-order valence-corrected chi connectivity index (χ3v) is 9.31. The van der Waals surface area contributed by atoms with Gasteiger partial charge in [0.2, 0.25) is 0 Å². The number of aliphatic carboxylic acids is 1. The van der Waals surface area contributed by atoms with Crippen LogP contribution >= 0.6 is 0 Å². The number of halogens is 1. The normalized spacial score (nSPS) is 11.5. The molecule has 0 aliphatic carbocycles. The Morgan fingerprint density at radius 2 is 1.48 bits per heavy atom. The summed E-state index contributed by atoms with van der Waals surface area (Å²) in [5.41, 5.74) is 1.74. The zero-order chi connectivity index (χ0) is 30.6. The number of carbonyl (C=O) groups is 2. The maximum absolute atomic E-state index is 14.3. The molecule has 2 rings (SSSR count). The highest BCUT2D eigenvalue weighted by atomic mass is 28.4. The highest BCUT2D eigenvalue weighted by molar-refractivity contribution is 6.60. The molecule has 0 aliphatic rings. The summed E-state index contributed by atoms with van der Waals surface area (Å²) in [6.07, 6.45) is 5.91. The van der Waals surface area contributed by atoms with Gasteiger partial charge in [-0.1, -0.05) is 24.3 Å². The summed E-state index contributed by atoms with van der Waals surface area (Å²) in [6, 6.07) is 12.7. The Kier molecular flexibility index (Phi) is 16.5. The highest BCUT2D eigenvalue weighted by Gasteiger charge is 2.39.